The quantitative estimate of drug-likeness (QED) is 0.404. The molecule has 8 nitrogen and oxygen atoms in total. The molecule has 1 saturated heterocycles. The van der Waals surface area contributed by atoms with Crippen LogP contribution in [0.1, 0.15) is 50.1 Å². The highest BCUT2D eigenvalue weighted by atomic mass is 32.2. The summed E-state index contributed by atoms with van der Waals surface area (Å²) in [6.07, 6.45) is 5.08. The van der Waals surface area contributed by atoms with Gasteiger partial charge in [0.15, 0.2) is 9.84 Å². The number of ether oxygens (including phenoxy) is 1. The van der Waals surface area contributed by atoms with Gasteiger partial charge >= 0.3 is 0 Å². The average molecular weight is 591 g/mol. The van der Waals surface area contributed by atoms with Gasteiger partial charge in [0.2, 0.25) is 5.91 Å². The molecule has 2 atom stereocenters. The van der Waals surface area contributed by atoms with Crippen LogP contribution in [0, 0.1) is 17.2 Å². The molecular formula is C31H34N4O4S2. The first-order chi connectivity index (χ1) is 19.8. The second-order valence-electron chi connectivity index (χ2n) is 11.3. The summed E-state index contributed by atoms with van der Waals surface area (Å²) >= 11 is 1.62. The maximum absolute atomic E-state index is 13.5. The Labute approximate surface area is 245 Å². The van der Waals surface area contributed by atoms with Crippen molar-refractivity contribution in [3.05, 3.63) is 54.2 Å². The molecule has 1 aliphatic heterocycles. The lowest BCUT2D eigenvalue weighted by Gasteiger charge is -2.31. The summed E-state index contributed by atoms with van der Waals surface area (Å²) in [6, 6.07) is 18.4. The Morgan fingerprint density at radius 2 is 1.83 bits per heavy atom. The minimum absolute atomic E-state index is 0.0361. The number of hydrogen-bond donors (Lipinski definition) is 1. The van der Waals surface area contributed by atoms with Crippen molar-refractivity contribution < 1.29 is 17.9 Å². The third-order valence-electron chi connectivity index (χ3n) is 8.59. The SMILES string of the molecule is COc1cccc(-c2nc(C3CCCCC3C(=O)NC3(C#N)CC3)c(-c3ccc(N4CCS(=O)(=O)CC4)cc3)s2)c1. The number of hydrogen-bond acceptors (Lipinski definition) is 8. The number of thiazole rings is 1. The van der Waals surface area contributed by atoms with E-state index in [4.69, 9.17) is 9.72 Å². The Bertz CT molecular complexity index is 1570. The largest absolute Gasteiger partial charge is 0.497 e. The van der Waals surface area contributed by atoms with Crippen LogP contribution in [0.25, 0.3) is 21.0 Å². The van der Waals surface area contributed by atoms with Gasteiger partial charge in [-0.05, 0) is 55.5 Å². The van der Waals surface area contributed by atoms with Crippen LogP contribution in [0.2, 0.25) is 0 Å². The van der Waals surface area contributed by atoms with Crippen LogP contribution in [0.3, 0.4) is 0 Å². The molecule has 1 aromatic heterocycles. The minimum atomic E-state index is -2.95. The minimum Gasteiger partial charge on any atom is -0.497 e. The summed E-state index contributed by atoms with van der Waals surface area (Å²) in [7, 11) is -1.30. The molecule has 6 rings (SSSR count). The lowest BCUT2D eigenvalue weighted by Crippen LogP contribution is -2.42. The third kappa shape index (κ3) is 5.84. The number of rotatable bonds is 7. The van der Waals surface area contributed by atoms with Crippen molar-refractivity contribution in [1.29, 1.82) is 5.26 Å². The van der Waals surface area contributed by atoms with E-state index in [2.05, 4.69) is 40.6 Å². The Morgan fingerprint density at radius 3 is 2.51 bits per heavy atom. The molecule has 2 aromatic carbocycles. The van der Waals surface area contributed by atoms with Crippen LogP contribution in [0.4, 0.5) is 5.69 Å². The Kier molecular flexibility index (Phi) is 7.51. The van der Waals surface area contributed by atoms with E-state index in [1.54, 1.807) is 18.4 Å². The van der Waals surface area contributed by atoms with Crippen molar-refractivity contribution >= 4 is 32.8 Å². The predicted molar refractivity (Wildman–Crippen MR) is 161 cm³/mol. The Morgan fingerprint density at radius 1 is 1.10 bits per heavy atom. The molecular weight excluding hydrogens is 556 g/mol. The topological polar surface area (TPSA) is 112 Å². The number of amides is 1. The van der Waals surface area contributed by atoms with Gasteiger partial charge in [-0.3, -0.25) is 4.79 Å². The molecule has 0 spiro atoms. The van der Waals surface area contributed by atoms with Crippen LogP contribution < -0.4 is 15.0 Å². The van der Waals surface area contributed by atoms with Gasteiger partial charge < -0.3 is 15.0 Å². The molecule has 41 heavy (non-hydrogen) atoms. The number of nitriles is 1. The lowest BCUT2D eigenvalue weighted by molar-refractivity contribution is -0.127. The van der Waals surface area contributed by atoms with E-state index >= 15 is 0 Å². The van der Waals surface area contributed by atoms with Crippen molar-refractivity contribution in [3.8, 4) is 32.8 Å². The van der Waals surface area contributed by atoms with Gasteiger partial charge in [-0.2, -0.15) is 5.26 Å². The summed E-state index contributed by atoms with van der Waals surface area (Å²) in [4.78, 5) is 21.9. The molecule has 0 bridgehead atoms. The molecule has 2 aliphatic carbocycles. The predicted octanol–water partition coefficient (Wildman–Crippen LogP) is 5.17. The van der Waals surface area contributed by atoms with Gasteiger partial charge in [-0.1, -0.05) is 37.1 Å². The fourth-order valence-corrected chi connectivity index (χ4v) is 8.29. The number of nitrogens with one attached hydrogen (secondary N) is 1. The molecule has 214 valence electrons. The third-order valence-corrected chi connectivity index (χ3v) is 11.4. The monoisotopic (exact) mass is 590 g/mol. The van der Waals surface area contributed by atoms with E-state index in [1.807, 2.05) is 24.3 Å². The Balaban J connectivity index is 1.36. The molecule has 3 aliphatic rings. The Hall–Kier alpha value is -3.42. The number of benzene rings is 2. The van der Waals surface area contributed by atoms with Gasteiger partial charge in [0, 0.05) is 36.2 Å². The zero-order valence-electron chi connectivity index (χ0n) is 23.1. The normalized spacial score (nSPS) is 22.9. The van der Waals surface area contributed by atoms with Crippen molar-refractivity contribution in [2.24, 2.45) is 5.92 Å². The molecule has 2 unspecified atom stereocenters. The summed E-state index contributed by atoms with van der Waals surface area (Å²) in [6.45, 7) is 0.993. The second-order valence-corrected chi connectivity index (χ2v) is 14.6. The average Bonchev–Trinajstić information content (AvgIpc) is 3.63. The number of aromatic nitrogens is 1. The van der Waals surface area contributed by atoms with Crippen molar-refractivity contribution in [2.75, 3.05) is 36.6 Å². The standard InChI is InChI=1S/C31H34N4O4S2/c1-39-24-6-4-5-22(19-24)30-33-27(25-7-2-3-8-26(25)29(36)34-31(20-32)13-14-31)28(40-30)21-9-11-23(12-10-21)35-15-17-41(37,38)18-16-35/h4-6,9-12,19,25-26H,2-3,7-8,13-18H2,1H3,(H,34,36). The number of nitrogens with zero attached hydrogens (tertiary/aromatic N) is 3. The fourth-order valence-electron chi connectivity index (χ4n) is 5.95. The summed E-state index contributed by atoms with van der Waals surface area (Å²) in [5.41, 5.74) is 3.24. The maximum atomic E-state index is 13.5. The smallest absolute Gasteiger partial charge is 0.225 e. The fraction of sp³-hybridized carbons (Fsp3) is 0.452. The van der Waals surface area contributed by atoms with E-state index in [-0.39, 0.29) is 29.2 Å². The van der Waals surface area contributed by atoms with E-state index in [0.717, 1.165) is 63.8 Å². The molecule has 10 heteroatoms. The summed E-state index contributed by atoms with van der Waals surface area (Å²) < 4.78 is 29.3. The summed E-state index contributed by atoms with van der Waals surface area (Å²) in [5, 5.41) is 13.5. The molecule has 1 N–H and O–H groups in total. The van der Waals surface area contributed by atoms with Gasteiger partial charge in [0.05, 0.1) is 35.3 Å². The van der Waals surface area contributed by atoms with Crippen LogP contribution in [-0.2, 0) is 14.6 Å². The van der Waals surface area contributed by atoms with E-state index in [9.17, 15) is 18.5 Å². The van der Waals surface area contributed by atoms with E-state index in [0.29, 0.717) is 25.9 Å². The number of carbonyl (C=O) groups excluding carboxylic acids is 1. The van der Waals surface area contributed by atoms with E-state index in [1.165, 1.54) is 0 Å². The molecule has 2 heterocycles. The highest BCUT2D eigenvalue weighted by Gasteiger charge is 2.47. The van der Waals surface area contributed by atoms with Gasteiger partial charge in [0.25, 0.3) is 0 Å². The van der Waals surface area contributed by atoms with Crippen LogP contribution >= 0.6 is 11.3 Å². The van der Waals surface area contributed by atoms with Crippen LogP contribution in [-0.4, -0.2) is 56.6 Å². The highest BCUT2D eigenvalue weighted by Crippen LogP contribution is 2.47. The van der Waals surface area contributed by atoms with Crippen molar-refractivity contribution in [1.82, 2.24) is 10.3 Å². The second kappa shape index (κ2) is 11.1. The lowest BCUT2D eigenvalue weighted by atomic mass is 9.76. The molecule has 0 radical (unpaired) electrons. The zero-order chi connectivity index (χ0) is 28.6. The van der Waals surface area contributed by atoms with Crippen molar-refractivity contribution in [3.63, 3.8) is 0 Å². The number of carbonyl (C=O) groups is 1. The first-order valence-electron chi connectivity index (χ1n) is 14.2. The number of sulfone groups is 1. The van der Waals surface area contributed by atoms with Gasteiger partial charge in [-0.25, -0.2) is 13.4 Å². The van der Waals surface area contributed by atoms with Crippen LogP contribution in [0.5, 0.6) is 5.75 Å². The summed E-state index contributed by atoms with van der Waals surface area (Å²) in [5.74, 6) is 0.797. The maximum Gasteiger partial charge on any atom is 0.225 e. The molecule has 1 amide bonds. The van der Waals surface area contributed by atoms with Gasteiger partial charge in [0.1, 0.15) is 16.3 Å². The number of anilines is 1. The molecule has 2 saturated carbocycles. The first-order valence-corrected chi connectivity index (χ1v) is 16.9. The first kappa shape index (κ1) is 27.7. The van der Waals surface area contributed by atoms with Gasteiger partial charge in [-0.15, -0.1) is 11.3 Å². The highest BCUT2D eigenvalue weighted by molar-refractivity contribution is 7.91. The molecule has 3 fully saturated rings. The van der Waals surface area contributed by atoms with E-state index < -0.39 is 15.4 Å². The molecule has 3 aromatic rings. The zero-order valence-corrected chi connectivity index (χ0v) is 24.8. The van der Waals surface area contributed by atoms with Crippen molar-refractivity contribution in [2.45, 2.75) is 50.0 Å². The number of methoxy groups -OCH3 is 1. The van der Waals surface area contributed by atoms with Crippen LogP contribution in [0.15, 0.2) is 48.5 Å².